The molecule has 0 bridgehead atoms. The van der Waals surface area contributed by atoms with Gasteiger partial charge >= 0.3 is 0 Å². The minimum absolute atomic E-state index is 0.0669. The van der Waals surface area contributed by atoms with Gasteiger partial charge in [-0.25, -0.2) is 4.98 Å². The molecule has 0 saturated heterocycles. The molecular weight excluding hydrogens is 460 g/mol. The molecule has 2 aliphatic carbocycles. The first-order valence-corrected chi connectivity index (χ1v) is 13.7. The average molecular weight is 499 g/mol. The van der Waals surface area contributed by atoms with Gasteiger partial charge in [-0.1, -0.05) is 61.4 Å². The predicted octanol–water partition coefficient (Wildman–Crippen LogP) is 5.83. The Balaban J connectivity index is 1.18. The number of rotatable bonds is 7. The summed E-state index contributed by atoms with van der Waals surface area (Å²) >= 11 is 0. The molecule has 1 aromatic heterocycles. The highest BCUT2D eigenvalue weighted by molar-refractivity contribution is 6.00. The van der Waals surface area contributed by atoms with Crippen LogP contribution in [0.1, 0.15) is 61.7 Å². The number of nitrogens with zero attached hydrogens (tertiary/aromatic N) is 2. The molecule has 6 nitrogen and oxygen atoms in total. The molecule has 2 fully saturated rings. The Bertz CT molecular complexity index is 1230. The number of hydrogen-bond donors (Lipinski definition) is 2. The van der Waals surface area contributed by atoms with Gasteiger partial charge in [0.2, 0.25) is 5.91 Å². The molecule has 0 radical (unpaired) electrons. The van der Waals surface area contributed by atoms with Crippen molar-refractivity contribution >= 4 is 34.1 Å². The van der Waals surface area contributed by atoms with Gasteiger partial charge in [0, 0.05) is 60.7 Å². The van der Waals surface area contributed by atoms with Crippen molar-refractivity contribution in [3.63, 3.8) is 0 Å². The molecule has 194 valence electrons. The summed E-state index contributed by atoms with van der Waals surface area (Å²) in [6, 6.07) is 20.3. The topological polar surface area (TPSA) is 74.3 Å². The maximum Gasteiger partial charge on any atom is 0.224 e. The molecule has 2 aromatic carbocycles. The molecule has 2 aliphatic rings. The summed E-state index contributed by atoms with van der Waals surface area (Å²) in [5.41, 5.74) is 2.86. The second-order valence-corrected chi connectivity index (χ2v) is 10.9. The number of para-hydroxylation sites is 1. The van der Waals surface area contributed by atoms with Gasteiger partial charge in [0.25, 0.3) is 0 Å². The Morgan fingerprint density at radius 1 is 0.811 bits per heavy atom. The minimum atomic E-state index is -0.219. The van der Waals surface area contributed by atoms with Crippen LogP contribution in [0.2, 0.25) is 0 Å². The molecule has 1 heterocycles. The van der Waals surface area contributed by atoms with Crippen molar-refractivity contribution in [1.82, 2.24) is 10.3 Å². The number of hydrogen-bond acceptors (Lipinski definition) is 5. The lowest BCUT2D eigenvalue weighted by atomic mass is 9.74. The number of pyridine rings is 1. The zero-order valence-electron chi connectivity index (χ0n) is 22.0. The van der Waals surface area contributed by atoms with Crippen LogP contribution < -0.4 is 15.5 Å². The molecule has 3 aromatic rings. The van der Waals surface area contributed by atoms with Gasteiger partial charge in [-0.3, -0.25) is 9.59 Å². The van der Waals surface area contributed by atoms with Crippen LogP contribution in [-0.4, -0.2) is 42.9 Å². The van der Waals surface area contributed by atoms with Gasteiger partial charge in [-0.05, 0) is 44.6 Å². The highest BCUT2D eigenvalue weighted by Gasteiger charge is 2.37. The monoisotopic (exact) mass is 498 g/mol. The molecule has 0 unspecified atom stereocenters. The number of aromatic nitrogens is 1. The third-order valence-electron chi connectivity index (χ3n) is 8.10. The fourth-order valence-electron chi connectivity index (χ4n) is 6.08. The Hall–Kier alpha value is -3.41. The van der Waals surface area contributed by atoms with Gasteiger partial charge in [0.15, 0.2) is 5.78 Å². The smallest absolute Gasteiger partial charge is 0.224 e. The van der Waals surface area contributed by atoms with E-state index in [4.69, 9.17) is 4.98 Å². The number of amides is 1. The van der Waals surface area contributed by atoms with Crippen LogP contribution in [0.25, 0.3) is 10.9 Å². The SMILES string of the molecule is CN(C)c1cc(NC2CCC(NC(=O)[C@H]3CCCC[C@H]3C(=O)c3ccccc3)CC2)nc2ccccc12. The molecule has 37 heavy (non-hydrogen) atoms. The fourth-order valence-corrected chi connectivity index (χ4v) is 6.08. The van der Waals surface area contributed by atoms with E-state index in [1.165, 1.54) is 0 Å². The lowest BCUT2D eigenvalue weighted by Gasteiger charge is -2.34. The van der Waals surface area contributed by atoms with E-state index in [2.05, 4.69) is 47.8 Å². The molecule has 5 rings (SSSR count). The van der Waals surface area contributed by atoms with E-state index in [-0.39, 0.29) is 29.6 Å². The van der Waals surface area contributed by atoms with Crippen LogP contribution in [0.15, 0.2) is 60.7 Å². The summed E-state index contributed by atoms with van der Waals surface area (Å²) in [5.74, 6) is 0.660. The van der Waals surface area contributed by atoms with Crippen molar-refractivity contribution < 1.29 is 9.59 Å². The molecule has 0 spiro atoms. The minimum Gasteiger partial charge on any atom is -0.377 e. The second kappa shape index (κ2) is 11.3. The van der Waals surface area contributed by atoms with Crippen LogP contribution in [0.5, 0.6) is 0 Å². The third-order valence-corrected chi connectivity index (χ3v) is 8.10. The van der Waals surface area contributed by atoms with Gasteiger partial charge in [-0.15, -0.1) is 0 Å². The highest BCUT2D eigenvalue weighted by Crippen LogP contribution is 2.34. The Kier molecular flexibility index (Phi) is 7.73. The van der Waals surface area contributed by atoms with Crippen molar-refractivity contribution in [2.75, 3.05) is 24.3 Å². The van der Waals surface area contributed by atoms with Gasteiger partial charge in [0.1, 0.15) is 5.82 Å². The van der Waals surface area contributed by atoms with E-state index in [9.17, 15) is 9.59 Å². The van der Waals surface area contributed by atoms with Crippen LogP contribution >= 0.6 is 0 Å². The van der Waals surface area contributed by atoms with Gasteiger partial charge in [0.05, 0.1) is 5.52 Å². The summed E-state index contributed by atoms with van der Waals surface area (Å²) in [5, 5.41) is 8.12. The largest absolute Gasteiger partial charge is 0.377 e. The van der Waals surface area contributed by atoms with E-state index in [1.807, 2.05) is 42.5 Å². The number of nitrogens with one attached hydrogen (secondary N) is 2. The fraction of sp³-hybridized carbons (Fsp3) is 0.452. The number of anilines is 2. The van der Waals surface area contributed by atoms with E-state index >= 15 is 0 Å². The zero-order valence-corrected chi connectivity index (χ0v) is 22.0. The Morgan fingerprint density at radius 2 is 1.46 bits per heavy atom. The average Bonchev–Trinajstić information content (AvgIpc) is 2.93. The first kappa shape index (κ1) is 25.2. The molecule has 0 aliphatic heterocycles. The van der Waals surface area contributed by atoms with Crippen molar-refractivity contribution in [2.24, 2.45) is 11.8 Å². The Morgan fingerprint density at radius 3 is 2.19 bits per heavy atom. The predicted molar refractivity (Wildman–Crippen MR) is 150 cm³/mol. The molecule has 2 atom stereocenters. The van der Waals surface area contributed by atoms with E-state index in [0.29, 0.717) is 6.04 Å². The van der Waals surface area contributed by atoms with E-state index in [0.717, 1.165) is 79.3 Å². The van der Waals surface area contributed by atoms with Gasteiger partial charge < -0.3 is 15.5 Å². The third kappa shape index (κ3) is 5.79. The van der Waals surface area contributed by atoms with Crippen molar-refractivity contribution in [1.29, 1.82) is 0 Å². The second-order valence-electron chi connectivity index (χ2n) is 10.9. The van der Waals surface area contributed by atoms with Crippen LogP contribution in [0, 0.1) is 11.8 Å². The summed E-state index contributed by atoms with van der Waals surface area (Å²) in [6.07, 6.45) is 7.46. The van der Waals surface area contributed by atoms with Gasteiger partial charge in [-0.2, -0.15) is 0 Å². The molecule has 2 N–H and O–H groups in total. The lowest BCUT2D eigenvalue weighted by Crippen LogP contribution is -2.46. The molecule has 1 amide bonds. The number of carbonyl (C=O) groups excluding carboxylic acids is 2. The summed E-state index contributed by atoms with van der Waals surface area (Å²) in [6.45, 7) is 0. The van der Waals surface area contributed by atoms with E-state index in [1.54, 1.807) is 0 Å². The van der Waals surface area contributed by atoms with Crippen LogP contribution in [0.3, 0.4) is 0 Å². The number of Topliss-reactive ketones (excluding diaryl/α,β-unsaturated/α-hetero) is 1. The quantitative estimate of drug-likeness (QED) is 0.401. The normalized spacial score (nSPS) is 23.8. The standard InChI is InChI=1S/C31H38N4O2/c1-35(2)28-20-29(34-27-15-9-8-14-26(27)28)32-22-16-18-23(19-17-22)33-31(37)25-13-7-6-12-24(25)30(36)21-10-4-3-5-11-21/h3-5,8-11,14-15,20,22-25H,6-7,12-13,16-19H2,1-2H3,(H,32,34)(H,33,37)/t22?,23?,24-,25+/m1/s1. The van der Waals surface area contributed by atoms with Crippen molar-refractivity contribution in [3.05, 3.63) is 66.2 Å². The first-order chi connectivity index (χ1) is 18.0. The van der Waals surface area contributed by atoms with Crippen molar-refractivity contribution in [3.8, 4) is 0 Å². The van der Waals surface area contributed by atoms with Crippen LogP contribution in [-0.2, 0) is 4.79 Å². The van der Waals surface area contributed by atoms with Crippen LogP contribution in [0.4, 0.5) is 11.5 Å². The summed E-state index contributed by atoms with van der Waals surface area (Å²) in [4.78, 5) is 33.5. The maximum atomic E-state index is 13.3. The summed E-state index contributed by atoms with van der Waals surface area (Å²) in [7, 11) is 4.12. The summed E-state index contributed by atoms with van der Waals surface area (Å²) < 4.78 is 0. The number of carbonyl (C=O) groups is 2. The Labute approximate surface area is 219 Å². The van der Waals surface area contributed by atoms with E-state index < -0.39 is 0 Å². The maximum absolute atomic E-state index is 13.3. The van der Waals surface area contributed by atoms with Crippen molar-refractivity contribution in [2.45, 2.75) is 63.5 Å². The zero-order chi connectivity index (χ0) is 25.8. The number of fused-ring (bicyclic) bond motifs is 1. The molecular formula is C31H38N4O2. The molecule has 6 heteroatoms. The number of ketones is 1. The number of benzene rings is 2. The first-order valence-electron chi connectivity index (χ1n) is 13.7. The molecule has 2 saturated carbocycles. The lowest BCUT2D eigenvalue weighted by molar-refractivity contribution is -0.128. The highest BCUT2D eigenvalue weighted by atomic mass is 16.2.